The summed E-state index contributed by atoms with van der Waals surface area (Å²) in [6, 6.07) is 6.87. The summed E-state index contributed by atoms with van der Waals surface area (Å²) in [5.74, 6) is 0.109. The van der Waals surface area contributed by atoms with Crippen molar-refractivity contribution in [3.8, 4) is 22.6 Å². The van der Waals surface area contributed by atoms with Gasteiger partial charge in [0.05, 0.1) is 11.4 Å². The number of rotatable bonds is 0. The van der Waals surface area contributed by atoms with Crippen LogP contribution in [0.2, 0.25) is 0 Å². The summed E-state index contributed by atoms with van der Waals surface area (Å²) in [7, 11) is 0. The number of nitrogen functional groups attached to an aromatic ring is 2. The molecule has 0 saturated carbocycles. The molecule has 0 atom stereocenters. The molecule has 0 amide bonds. The van der Waals surface area contributed by atoms with Crippen LogP contribution in [0.3, 0.4) is 0 Å². The lowest BCUT2D eigenvalue weighted by Crippen LogP contribution is -2.15. The molecular formula is C15H16N2O2. The summed E-state index contributed by atoms with van der Waals surface area (Å²) in [5.41, 5.74) is 15.9. The van der Waals surface area contributed by atoms with Gasteiger partial charge in [-0.15, -0.1) is 0 Å². The predicted molar refractivity (Wildman–Crippen MR) is 76.2 cm³/mol. The van der Waals surface area contributed by atoms with Gasteiger partial charge in [-0.3, -0.25) is 0 Å². The van der Waals surface area contributed by atoms with Gasteiger partial charge in [0.25, 0.3) is 0 Å². The fraction of sp³-hybridized carbons (Fsp3) is 0.200. The molecule has 2 aromatic rings. The van der Waals surface area contributed by atoms with Crippen LogP contribution < -0.4 is 11.5 Å². The van der Waals surface area contributed by atoms with Crippen LogP contribution in [0.5, 0.6) is 11.5 Å². The van der Waals surface area contributed by atoms with Gasteiger partial charge >= 0.3 is 0 Å². The van der Waals surface area contributed by atoms with Crippen molar-refractivity contribution in [1.29, 1.82) is 0 Å². The number of anilines is 2. The molecule has 4 nitrogen and oxygen atoms in total. The monoisotopic (exact) mass is 256 g/mol. The maximum absolute atomic E-state index is 9.79. The van der Waals surface area contributed by atoms with Crippen molar-refractivity contribution < 1.29 is 10.2 Å². The molecule has 0 saturated heterocycles. The van der Waals surface area contributed by atoms with Crippen molar-refractivity contribution in [3.63, 3.8) is 0 Å². The number of benzene rings is 2. The van der Waals surface area contributed by atoms with Crippen molar-refractivity contribution in [2.24, 2.45) is 0 Å². The smallest absolute Gasteiger partial charge is 0.139 e. The largest absolute Gasteiger partial charge is 0.506 e. The normalized spacial score (nSPS) is 15.1. The average molecular weight is 256 g/mol. The van der Waals surface area contributed by atoms with Crippen molar-refractivity contribution in [1.82, 2.24) is 0 Å². The van der Waals surface area contributed by atoms with Crippen LogP contribution in [0.4, 0.5) is 11.4 Å². The van der Waals surface area contributed by atoms with E-state index in [1.807, 2.05) is 0 Å². The Labute approximate surface area is 111 Å². The molecule has 0 bridgehead atoms. The van der Waals surface area contributed by atoms with E-state index in [1.165, 1.54) is 0 Å². The molecule has 6 N–H and O–H groups in total. The number of hydrogen-bond acceptors (Lipinski definition) is 4. The molecule has 0 spiro atoms. The Bertz CT molecular complexity index is 646. The molecule has 98 valence electrons. The third-order valence-corrected chi connectivity index (χ3v) is 3.97. The average Bonchev–Trinajstić information content (AvgIpc) is 2.52. The minimum atomic E-state index is -0.256. The van der Waals surface area contributed by atoms with E-state index in [0.29, 0.717) is 11.4 Å². The Morgan fingerprint density at radius 1 is 0.789 bits per heavy atom. The maximum Gasteiger partial charge on any atom is 0.139 e. The molecule has 1 aliphatic carbocycles. The molecule has 2 aromatic carbocycles. The fourth-order valence-electron chi connectivity index (χ4n) is 2.83. The summed E-state index contributed by atoms with van der Waals surface area (Å²) in [6.45, 7) is 4.15. The highest BCUT2D eigenvalue weighted by Gasteiger charge is 2.36. The first kappa shape index (κ1) is 11.7. The number of phenols is 2. The molecule has 4 heteroatoms. The van der Waals surface area contributed by atoms with E-state index >= 15 is 0 Å². The van der Waals surface area contributed by atoms with Crippen molar-refractivity contribution in [2.75, 3.05) is 11.5 Å². The molecule has 0 unspecified atom stereocenters. The van der Waals surface area contributed by atoms with Crippen molar-refractivity contribution >= 4 is 11.4 Å². The zero-order valence-corrected chi connectivity index (χ0v) is 10.9. The van der Waals surface area contributed by atoms with Crippen molar-refractivity contribution in [3.05, 3.63) is 35.4 Å². The highest BCUT2D eigenvalue weighted by atomic mass is 16.3. The van der Waals surface area contributed by atoms with E-state index in [4.69, 9.17) is 11.5 Å². The van der Waals surface area contributed by atoms with Crippen LogP contribution in [0, 0.1) is 0 Å². The molecule has 0 aromatic heterocycles. The van der Waals surface area contributed by atoms with E-state index in [9.17, 15) is 10.2 Å². The second kappa shape index (κ2) is 3.35. The van der Waals surface area contributed by atoms with Gasteiger partial charge in [-0.2, -0.15) is 0 Å². The Morgan fingerprint density at radius 2 is 1.16 bits per heavy atom. The molecule has 0 heterocycles. The molecule has 1 aliphatic rings. The van der Waals surface area contributed by atoms with Crippen LogP contribution >= 0.6 is 0 Å². The quantitative estimate of drug-likeness (QED) is 0.430. The minimum Gasteiger partial charge on any atom is -0.506 e. The van der Waals surface area contributed by atoms with Crippen LogP contribution in [0.15, 0.2) is 24.3 Å². The lowest BCUT2D eigenvalue weighted by atomic mass is 9.82. The number of hydrogen-bond donors (Lipinski definition) is 4. The first-order valence-corrected chi connectivity index (χ1v) is 6.08. The Morgan fingerprint density at radius 3 is 1.53 bits per heavy atom. The Balaban J connectivity index is 2.40. The summed E-state index contributed by atoms with van der Waals surface area (Å²) >= 11 is 0. The summed E-state index contributed by atoms with van der Waals surface area (Å²) in [5, 5.41) is 19.6. The number of fused-ring (bicyclic) bond motifs is 3. The van der Waals surface area contributed by atoms with Crippen LogP contribution in [-0.2, 0) is 5.41 Å². The van der Waals surface area contributed by atoms with E-state index in [2.05, 4.69) is 13.8 Å². The zero-order valence-electron chi connectivity index (χ0n) is 10.9. The predicted octanol–water partition coefficient (Wildman–Crippen LogP) is 2.57. The highest BCUT2D eigenvalue weighted by molar-refractivity contribution is 5.86. The first-order chi connectivity index (χ1) is 8.82. The van der Waals surface area contributed by atoms with Crippen LogP contribution in [0.1, 0.15) is 25.0 Å². The van der Waals surface area contributed by atoms with Gasteiger partial charge in [0.2, 0.25) is 0 Å². The lowest BCUT2D eigenvalue weighted by Gasteiger charge is -2.22. The van der Waals surface area contributed by atoms with Gasteiger partial charge in [-0.05, 0) is 46.5 Å². The van der Waals surface area contributed by atoms with E-state index in [0.717, 1.165) is 22.3 Å². The number of nitrogens with two attached hydrogens (primary N) is 2. The van der Waals surface area contributed by atoms with Gasteiger partial charge in [-0.25, -0.2) is 0 Å². The van der Waals surface area contributed by atoms with Gasteiger partial charge in [0.1, 0.15) is 11.5 Å². The Hall–Kier alpha value is -2.36. The molecule has 3 rings (SSSR count). The molecule has 0 radical (unpaired) electrons. The maximum atomic E-state index is 9.79. The van der Waals surface area contributed by atoms with E-state index in [-0.39, 0.29) is 16.9 Å². The third-order valence-electron chi connectivity index (χ3n) is 3.97. The molecule has 0 aliphatic heterocycles. The van der Waals surface area contributed by atoms with Crippen LogP contribution in [0.25, 0.3) is 11.1 Å². The lowest BCUT2D eigenvalue weighted by molar-refractivity contribution is 0.477. The fourth-order valence-corrected chi connectivity index (χ4v) is 2.83. The van der Waals surface area contributed by atoms with E-state index in [1.54, 1.807) is 24.3 Å². The third kappa shape index (κ3) is 1.40. The molecule has 0 fully saturated rings. The van der Waals surface area contributed by atoms with Gasteiger partial charge in [0.15, 0.2) is 0 Å². The van der Waals surface area contributed by atoms with E-state index < -0.39 is 0 Å². The number of phenolic OH excluding ortho intramolecular Hbond substituents is 2. The minimum absolute atomic E-state index is 0.0544. The SMILES string of the molecule is CC1(C)c2cc(N)c(O)cc2-c2cc(O)c(N)cc21. The molecular weight excluding hydrogens is 240 g/mol. The van der Waals surface area contributed by atoms with Gasteiger partial charge in [-0.1, -0.05) is 13.8 Å². The van der Waals surface area contributed by atoms with Crippen molar-refractivity contribution in [2.45, 2.75) is 19.3 Å². The summed E-state index contributed by atoms with van der Waals surface area (Å²) < 4.78 is 0. The van der Waals surface area contributed by atoms with Crippen LogP contribution in [-0.4, -0.2) is 10.2 Å². The first-order valence-electron chi connectivity index (χ1n) is 6.08. The standard InChI is InChI=1S/C15H16N2O2/c1-15(2)9-5-11(16)13(18)3-7(9)8-4-14(19)12(17)6-10(8)15/h3-6,18-19H,16-17H2,1-2H3. The summed E-state index contributed by atoms with van der Waals surface area (Å²) in [4.78, 5) is 0. The topological polar surface area (TPSA) is 92.5 Å². The Kier molecular flexibility index (Phi) is 2.06. The molecule has 19 heavy (non-hydrogen) atoms. The second-order valence-corrected chi connectivity index (χ2v) is 5.54. The van der Waals surface area contributed by atoms with Gasteiger partial charge < -0.3 is 21.7 Å². The zero-order chi connectivity index (χ0) is 13.9. The number of aromatic hydroxyl groups is 2. The second-order valence-electron chi connectivity index (χ2n) is 5.54. The summed E-state index contributed by atoms with van der Waals surface area (Å²) in [6.07, 6.45) is 0. The highest BCUT2D eigenvalue weighted by Crippen LogP contribution is 2.52. The van der Waals surface area contributed by atoms with Gasteiger partial charge in [0, 0.05) is 5.41 Å².